The molecule has 0 spiro atoms. The number of hydrogen-bond donors (Lipinski definition) is 0. The molecule has 0 saturated carbocycles. The molecule has 0 aliphatic carbocycles. The van der Waals surface area contributed by atoms with Gasteiger partial charge in [0.1, 0.15) is 0 Å². The van der Waals surface area contributed by atoms with Crippen molar-refractivity contribution in [2.75, 3.05) is 0 Å². The van der Waals surface area contributed by atoms with Crippen molar-refractivity contribution in [3.05, 3.63) is 60.7 Å². The predicted molar refractivity (Wildman–Crippen MR) is 60.7 cm³/mol. The van der Waals surface area contributed by atoms with Crippen LogP contribution in [0.3, 0.4) is 0 Å². The van der Waals surface area contributed by atoms with Gasteiger partial charge in [-0.1, -0.05) is 0 Å². The zero-order valence-electron chi connectivity index (χ0n) is 8.74. The Morgan fingerprint density at radius 2 is 0.400 bits per heavy atom. The summed E-state index contributed by atoms with van der Waals surface area (Å²) >= 11 is 0. The molecule has 0 aliphatic heterocycles. The number of hydrogen-bond acceptors (Lipinski definition) is 18. The molecule has 0 radical (unpaired) electrons. The summed E-state index contributed by atoms with van der Waals surface area (Å²) in [6, 6.07) is 0. The summed E-state index contributed by atoms with van der Waals surface area (Å²) < 4.78 is 0. The Labute approximate surface area is 136 Å². The second-order valence-electron chi connectivity index (χ2n) is 0.447. The normalized spacial score (nSPS) is 3.60. The topological polar surface area (TPSA) is 315 Å². The van der Waals surface area contributed by atoms with Gasteiger partial charge >= 0.3 is 43.2 Å². The van der Waals surface area contributed by atoms with Crippen LogP contribution in [0.25, 0.3) is 0 Å². The second kappa shape index (κ2) is 290. The van der Waals surface area contributed by atoms with E-state index in [4.69, 9.17) is 60.7 Å². The minimum atomic E-state index is 0. The van der Waals surface area contributed by atoms with Gasteiger partial charge in [0.15, 0.2) is 0 Å². The monoisotopic (exact) mass is 348 g/mol. The molecular formula is AlN6O12Sc. The first-order valence-electron chi connectivity index (χ1n) is 2.19. The third-order valence-corrected chi connectivity index (χ3v) is 0. The average molecular weight is 348 g/mol. The van der Waals surface area contributed by atoms with Crippen molar-refractivity contribution in [1.29, 1.82) is 0 Å². The van der Waals surface area contributed by atoms with Crippen LogP contribution in [0.2, 0.25) is 0 Å². The summed E-state index contributed by atoms with van der Waals surface area (Å²) in [6.45, 7) is 0. The van der Waals surface area contributed by atoms with Crippen molar-refractivity contribution in [2.45, 2.75) is 0 Å². The fraction of sp³-hybridized carbons (Fsp3) is 0. The summed E-state index contributed by atoms with van der Waals surface area (Å²) in [4.78, 5) is 48.0. The Balaban J connectivity index is -0.0000000141. The molecule has 0 aromatic carbocycles. The number of rotatable bonds is 0. The molecule has 20 heteroatoms. The maximum Gasteiger partial charge on any atom is 3.00 e. The molecule has 0 aromatic rings. The summed E-state index contributed by atoms with van der Waals surface area (Å²) in [5.74, 6) is 0. The molecule has 0 amide bonds. The first-order valence-corrected chi connectivity index (χ1v) is 2.19. The quantitative estimate of drug-likeness (QED) is 0.337. The first kappa shape index (κ1) is 52.3. The molecule has 0 N–H and O–H groups in total. The Bertz CT molecular complexity index is 119. The van der Waals surface area contributed by atoms with E-state index >= 15 is 0 Å². The fourth-order valence-electron chi connectivity index (χ4n) is 0. The van der Waals surface area contributed by atoms with E-state index in [0.29, 0.717) is 0 Å². The summed E-state index contributed by atoms with van der Waals surface area (Å²) in [5, 5.41) is 54.0. The van der Waals surface area contributed by atoms with Crippen molar-refractivity contribution in [3.63, 3.8) is 0 Å². The second-order valence-corrected chi connectivity index (χ2v) is 0.447. The molecule has 0 atom stereocenters. The van der Waals surface area contributed by atoms with Gasteiger partial charge in [0.2, 0.25) is 0 Å². The Morgan fingerprint density at radius 3 is 0.400 bits per heavy atom. The smallest absolute Gasteiger partial charge is 0.444 e. The van der Waals surface area contributed by atoms with Crippen molar-refractivity contribution in [3.8, 4) is 0 Å². The first-order chi connectivity index (χ1) is 8.49. The molecule has 0 aromatic heterocycles. The van der Waals surface area contributed by atoms with Crippen LogP contribution in [-0.2, 0) is 25.8 Å². The van der Waals surface area contributed by atoms with E-state index < -0.39 is 0 Å². The third kappa shape index (κ3) is 717. The van der Waals surface area contributed by atoms with Crippen molar-refractivity contribution >= 4 is 17.4 Å². The van der Waals surface area contributed by atoms with E-state index in [0.717, 1.165) is 32.0 Å². The fourth-order valence-corrected chi connectivity index (χ4v) is 0. The van der Waals surface area contributed by atoms with Crippen LogP contribution < -0.4 is 0 Å². The zero-order chi connectivity index (χ0) is 16.2. The number of nitrogens with zero attached hydrogens (tertiary/aromatic N) is 6. The van der Waals surface area contributed by atoms with Crippen molar-refractivity contribution in [2.24, 2.45) is 32.0 Å². The standard InChI is InChI=1S/Al.6HNO2.Sc/c;6*2-1-3;/h;6*(H,2,3);/q+3;;;;;;;+3/p-6. The van der Waals surface area contributed by atoms with Gasteiger partial charge in [-0.05, 0) is 0 Å². The Kier molecular flexibility index (Phi) is 759. The summed E-state index contributed by atoms with van der Waals surface area (Å²) in [7, 11) is 0. The summed E-state index contributed by atoms with van der Waals surface area (Å²) in [5.41, 5.74) is 0. The zero-order valence-corrected chi connectivity index (χ0v) is 11.7. The Morgan fingerprint density at radius 1 is 0.400 bits per heavy atom. The molecule has 0 bridgehead atoms. The molecule has 0 unspecified atom stereocenters. The van der Waals surface area contributed by atoms with Crippen molar-refractivity contribution in [1.82, 2.24) is 0 Å². The molecule has 0 rings (SSSR count). The van der Waals surface area contributed by atoms with Gasteiger partial charge in [0, 0.05) is 0 Å². The third-order valence-electron chi connectivity index (χ3n) is 0. The predicted octanol–water partition coefficient (Wildman–Crippen LogP) is 1.12. The van der Waals surface area contributed by atoms with Gasteiger partial charge in [-0.2, -0.15) is 0 Å². The SMILES string of the molecule is O=N[O-].O=N[O-].O=N[O-].O=N[O-].O=N[O-].O=N[O-].[Al+3].[Sc+3]. The van der Waals surface area contributed by atoms with E-state index in [1.165, 1.54) is 0 Å². The van der Waals surface area contributed by atoms with Gasteiger partial charge in [-0.25, -0.2) is 0 Å². The van der Waals surface area contributed by atoms with Crippen LogP contribution in [0.15, 0.2) is 32.0 Å². The van der Waals surface area contributed by atoms with Gasteiger partial charge in [-0.3, -0.25) is 0 Å². The Hall–Kier alpha value is -2.20. The van der Waals surface area contributed by atoms with E-state index in [1.54, 1.807) is 0 Å². The van der Waals surface area contributed by atoms with Crippen LogP contribution in [0, 0.1) is 60.7 Å². The maximum absolute atomic E-state index is 8.00. The minimum Gasteiger partial charge on any atom is -0.444 e. The van der Waals surface area contributed by atoms with E-state index in [2.05, 4.69) is 0 Å². The van der Waals surface area contributed by atoms with Crippen LogP contribution in [0.1, 0.15) is 0 Å². The molecule has 20 heavy (non-hydrogen) atoms. The van der Waals surface area contributed by atoms with E-state index in [-0.39, 0.29) is 43.2 Å². The van der Waals surface area contributed by atoms with Crippen LogP contribution in [0.5, 0.6) is 0 Å². The molecular weight excluding hydrogens is 348 g/mol. The largest absolute Gasteiger partial charge is 3.00 e. The molecule has 18 nitrogen and oxygen atoms in total. The van der Waals surface area contributed by atoms with E-state index in [9.17, 15) is 0 Å². The molecule has 0 saturated heterocycles. The maximum atomic E-state index is 8.00. The molecule has 108 valence electrons. The minimum absolute atomic E-state index is 0. The van der Waals surface area contributed by atoms with Crippen molar-refractivity contribution < 1.29 is 25.8 Å². The molecule has 0 aliphatic rings. The van der Waals surface area contributed by atoms with E-state index in [1.807, 2.05) is 0 Å². The van der Waals surface area contributed by atoms with Gasteiger partial charge in [0.25, 0.3) is 0 Å². The van der Waals surface area contributed by atoms with Crippen LogP contribution in [0.4, 0.5) is 0 Å². The van der Waals surface area contributed by atoms with Gasteiger partial charge < -0.3 is 60.7 Å². The van der Waals surface area contributed by atoms with Gasteiger partial charge in [0.05, 0.1) is 0 Å². The average Bonchev–Trinajstić information content (AvgIpc) is 2.23. The summed E-state index contributed by atoms with van der Waals surface area (Å²) in [6.07, 6.45) is 0. The molecule has 0 heterocycles. The van der Waals surface area contributed by atoms with Crippen LogP contribution >= 0.6 is 0 Å². The molecule has 0 fully saturated rings. The van der Waals surface area contributed by atoms with Gasteiger partial charge in [-0.15, -0.1) is 32.0 Å². The van der Waals surface area contributed by atoms with Crippen LogP contribution in [-0.4, -0.2) is 17.4 Å².